The average molecular weight is 407 g/mol. The number of benzene rings is 1. The Morgan fingerprint density at radius 2 is 2.04 bits per heavy atom. The summed E-state index contributed by atoms with van der Waals surface area (Å²) < 4.78 is 30.6. The Balaban J connectivity index is 1.73. The van der Waals surface area contributed by atoms with Crippen molar-refractivity contribution in [1.82, 2.24) is 19.9 Å². The molecule has 0 saturated carbocycles. The molecule has 0 unspecified atom stereocenters. The van der Waals surface area contributed by atoms with Crippen molar-refractivity contribution in [3.8, 4) is 17.3 Å². The number of morpholine rings is 1. The molecule has 3 heterocycles. The quantitative estimate of drug-likeness (QED) is 0.617. The van der Waals surface area contributed by atoms with Gasteiger partial charge >= 0.3 is 0 Å². The summed E-state index contributed by atoms with van der Waals surface area (Å²) in [5, 5.41) is 0.338. The third-order valence-corrected chi connectivity index (χ3v) is 4.67. The van der Waals surface area contributed by atoms with Crippen molar-refractivity contribution in [3.05, 3.63) is 34.9 Å². The van der Waals surface area contributed by atoms with Crippen LogP contribution in [0.1, 0.15) is 19.2 Å². The first-order chi connectivity index (χ1) is 13.6. The maximum Gasteiger partial charge on any atom is 0.254 e. The molecule has 0 bridgehead atoms. The fourth-order valence-electron chi connectivity index (χ4n) is 2.95. The highest BCUT2D eigenvalue weighted by molar-refractivity contribution is 6.33. The van der Waals surface area contributed by atoms with Crippen LogP contribution in [0.2, 0.25) is 5.02 Å². The standard InChI is InChI=1S/C19H20ClFN4O3/c1-2-7-27-18-16-19(23-15(22-18)11-25-5-8-26-9-6-25)28-17(24-16)13-10-12(21)3-4-14(13)20/h3-4,10H,2,5-9,11H2,1H3. The summed E-state index contributed by atoms with van der Waals surface area (Å²) in [6.45, 7) is 6.05. The highest BCUT2D eigenvalue weighted by Gasteiger charge is 2.21. The maximum atomic E-state index is 13.7. The lowest BCUT2D eigenvalue weighted by molar-refractivity contribution is 0.0330. The predicted octanol–water partition coefficient (Wildman–Crippen LogP) is 3.70. The van der Waals surface area contributed by atoms with E-state index in [4.69, 9.17) is 25.5 Å². The zero-order valence-corrected chi connectivity index (χ0v) is 16.2. The van der Waals surface area contributed by atoms with E-state index in [1.807, 2.05) is 6.92 Å². The first kappa shape index (κ1) is 19.0. The maximum absolute atomic E-state index is 13.7. The van der Waals surface area contributed by atoms with Crippen molar-refractivity contribution in [1.29, 1.82) is 0 Å². The molecular formula is C19H20ClFN4O3. The summed E-state index contributed by atoms with van der Waals surface area (Å²) in [6.07, 6.45) is 0.824. The summed E-state index contributed by atoms with van der Waals surface area (Å²) in [4.78, 5) is 15.7. The first-order valence-electron chi connectivity index (χ1n) is 9.20. The normalized spacial score (nSPS) is 15.2. The van der Waals surface area contributed by atoms with Gasteiger partial charge in [-0.1, -0.05) is 18.5 Å². The molecule has 0 N–H and O–H groups in total. The predicted molar refractivity (Wildman–Crippen MR) is 102 cm³/mol. The molecule has 7 nitrogen and oxygen atoms in total. The van der Waals surface area contributed by atoms with Crippen molar-refractivity contribution in [2.24, 2.45) is 0 Å². The Labute approximate surface area is 166 Å². The topological polar surface area (TPSA) is 73.5 Å². The van der Waals surface area contributed by atoms with Gasteiger partial charge in [-0.2, -0.15) is 9.97 Å². The lowest BCUT2D eigenvalue weighted by Gasteiger charge is -2.25. The SMILES string of the molecule is CCCOc1nc(CN2CCOCC2)nc2oc(-c3cc(F)ccc3Cl)nc12. The summed E-state index contributed by atoms with van der Waals surface area (Å²) in [5.41, 5.74) is 1.05. The Bertz CT molecular complexity index is 975. The smallest absolute Gasteiger partial charge is 0.254 e. The molecule has 1 aliphatic rings. The number of hydrogen-bond donors (Lipinski definition) is 0. The van der Waals surface area contributed by atoms with E-state index >= 15 is 0 Å². The van der Waals surface area contributed by atoms with Gasteiger partial charge < -0.3 is 13.9 Å². The number of fused-ring (bicyclic) bond motifs is 1. The molecule has 28 heavy (non-hydrogen) atoms. The summed E-state index contributed by atoms with van der Waals surface area (Å²) >= 11 is 6.19. The fraction of sp³-hybridized carbons (Fsp3) is 0.421. The van der Waals surface area contributed by atoms with E-state index in [-0.39, 0.29) is 5.89 Å². The minimum absolute atomic E-state index is 0.179. The molecule has 3 aromatic rings. The van der Waals surface area contributed by atoms with Crippen LogP contribution in [-0.2, 0) is 11.3 Å². The van der Waals surface area contributed by atoms with Crippen molar-refractivity contribution in [3.63, 3.8) is 0 Å². The zero-order chi connectivity index (χ0) is 19.5. The largest absolute Gasteiger partial charge is 0.476 e. The van der Waals surface area contributed by atoms with Gasteiger partial charge in [0, 0.05) is 13.1 Å². The zero-order valence-electron chi connectivity index (χ0n) is 15.5. The van der Waals surface area contributed by atoms with E-state index < -0.39 is 5.82 Å². The minimum atomic E-state index is -0.428. The van der Waals surface area contributed by atoms with Crippen LogP contribution in [0.15, 0.2) is 22.6 Å². The van der Waals surface area contributed by atoms with Gasteiger partial charge in [0.25, 0.3) is 5.71 Å². The number of nitrogens with zero attached hydrogens (tertiary/aromatic N) is 4. The Kier molecular flexibility index (Phi) is 5.70. The molecule has 1 aromatic carbocycles. The monoisotopic (exact) mass is 406 g/mol. The molecule has 1 saturated heterocycles. The minimum Gasteiger partial charge on any atom is -0.476 e. The molecule has 1 aliphatic heterocycles. The van der Waals surface area contributed by atoms with Crippen LogP contribution < -0.4 is 4.74 Å². The van der Waals surface area contributed by atoms with Gasteiger partial charge in [0.05, 0.1) is 37.0 Å². The number of aromatic nitrogens is 3. The van der Waals surface area contributed by atoms with Crippen LogP contribution in [0, 0.1) is 5.82 Å². The number of rotatable bonds is 6. The van der Waals surface area contributed by atoms with Gasteiger partial charge in [-0.25, -0.2) is 9.37 Å². The van der Waals surface area contributed by atoms with Crippen LogP contribution in [0.25, 0.3) is 22.7 Å². The molecule has 148 valence electrons. The molecule has 1 fully saturated rings. The third kappa shape index (κ3) is 4.09. The molecule has 0 aliphatic carbocycles. The highest BCUT2D eigenvalue weighted by atomic mass is 35.5. The van der Waals surface area contributed by atoms with Crippen molar-refractivity contribution in [2.45, 2.75) is 19.9 Å². The second-order valence-electron chi connectivity index (χ2n) is 6.48. The van der Waals surface area contributed by atoms with Gasteiger partial charge in [0.2, 0.25) is 11.8 Å². The van der Waals surface area contributed by atoms with Crippen molar-refractivity contribution < 1.29 is 18.3 Å². The molecule has 4 rings (SSSR count). The fourth-order valence-corrected chi connectivity index (χ4v) is 3.14. The van der Waals surface area contributed by atoms with Crippen LogP contribution in [0.3, 0.4) is 0 Å². The van der Waals surface area contributed by atoms with Gasteiger partial charge in [-0.3, -0.25) is 4.90 Å². The van der Waals surface area contributed by atoms with E-state index in [1.165, 1.54) is 18.2 Å². The molecule has 0 amide bonds. The van der Waals surface area contributed by atoms with Crippen molar-refractivity contribution in [2.75, 3.05) is 32.9 Å². The van der Waals surface area contributed by atoms with E-state index in [0.717, 1.165) is 19.5 Å². The molecule has 2 aromatic heterocycles. The lowest BCUT2D eigenvalue weighted by atomic mass is 10.2. The number of halogens is 2. The summed E-state index contributed by atoms with van der Waals surface area (Å²) in [6, 6.07) is 4.03. The van der Waals surface area contributed by atoms with Crippen LogP contribution in [-0.4, -0.2) is 52.8 Å². The number of oxazole rings is 1. The third-order valence-electron chi connectivity index (χ3n) is 4.34. The molecule has 0 atom stereocenters. The van der Waals surface area contributed by atoms with Gasteiger partial charge in [0.15, 0.2) is 11.3 Å². The van der Waals surface area contributed by atoms with Crippen molar-refractivity contribution >= 4 is 22.8 Å². The Morgan fingerprint density at radius 3 is 2.82 bits per heavy atom. The second-order valence-corrected chi connectivity index (χ2v) is 6.89. The van der Waals surface area contributed by atoms with Gasteiger partial charge in [-0.05, 0) is 24.6 Å². The summed E-state index contributed by atoms with van der Waals surface area (Å²) in [5.74, 6) is 0.688. The van der Waals surface area contributed by atoms with Crippen LogP contribution >= 0.6 is 11.6 Å². The highest BCUT2D eigenvalue weighted by Crippen LogP contribution is 2.32. The molecule has 0 spiro atoms. The lowest BCUT2D eigenvalue weighted by Crippen LogP contribution is -2.36. The van der Waals surface area contributed by atoms with Gasteiger partial charge in [-0.15, -0.1) is 0 Å². The van der Waals surface area contributed by atoms with E-state index in [2.05, 4.69) is 19.9 Å². The number of ether oxygens (including phenoxy) is 2. The Hall–Kier alpha value is -2.29. The molecule has 9 heteroatoms. The first-order valence-corrected chi connectivity index (χ1v) is 9.57. The van der Waals surface area contributed by atoms with Gasteiger partial charge in [0.1, 0.15) is 5.82 Å². The molecule has 0 radical (unpaired) electrons. The second kappa shape index (κ2) is 8.38. The Morgan fingerprint density at radius 1 is 1.21 bits per heavy atom. The van der Waals surface area contributed by atoms with Crippen LogP contribution in [0.5, 0.6) is 5.88 Å². The average Bonchev–Trinajstić information content (AvgIpc) is 3.13. The number of hydrogen-bond acceptors (Lipinski definition) is 7. The summed E-state index contributed by atoms with van der Waals surface area (Å²) in [7, 11) is 0. The van der Waals surface area contributed by atoms with Crippen LogP contribution in [0.4, 0.5) is 4.39 Å². The molecular weight excluding hydrogens is 387 g/mol. The van der Waals surface area contributed by atoms with E-state index in [0.29, 0.717) is 59.9 Å². The van der Waals surface area contributed by atoms with E-state index in [9.17, 15) is 4.39 Å². The van der Waals surface area contributed by atoms with E-state index in [1.54, 1.807) is 0 Å².